The molecule has 5 aromatic rings. The number of furan rings is 1. The number of methoxy groups -OCH3 is 1. The topological polar surface area (TPSA) is 126 Å². The van der Waals surface area contributed by atoms with Gasteiger partial charge in [0, 0.05) is 60.2 Å². The van der Waals surface area contributed by atoms with E-state index in [4.69, 9.17) is 37.1 Å². The number of hydrogen-bond acceptors (Lipinski definition) is 8. The number of aliphatic carboxylic acids is 1. The Morgan fingerprint density at radius 3 is 2.51 bits per heavy atom. The van der Waals surface area contributed by atoms with E-state index in [1.807, 2.05) is 35.2 Å². The van der Waals surface area contributed by atoms with E-state index in [0.29, 0.717) is 96.3 Å². The Balaban J connectivity index is 0.987. The van der Waals surface area contributed by atoms with Crippen molar-refractivity contribution in [1.29, 1.82) is 0 Å². The highest BCUT2D eigenvalue weighted by Crippen LogP contribution is 2.50. The number of halogens is 5. The summed E-state index contributed by atoms with van der Waals surface area (Å²) in [6.45, 7) is 1.87. The molecule has 4 heterocycles. The summed E-state index contributed by atoms with van der Waals surface area (Å²) in [5.41, 5.74) is 4.54. The predicted octanol–water partition coefficient (Wildman–Crippen LogP) is 9.32. The number of carbonyl (C=O) groups is 2. The number of carboxylic acids is 1. The molecule has 3 N–H and O–H groups in total. The third-order valence-electron chi connectivity index (χ3n) is 12.3. The maximum Gasteiger partial charge on any atom is 0.420 e. The number of fused-ring (bicyclic) bond motifs is 3. The fraction of sp³-hybridized carbons (Fsp3) is 0.386. The number of pyridine rings is 1. The number of benzene rings is 3. The van der Waals surface area contributed by atoms with Crippen molar-refractivity contribution in [1.82, 2.24) is 20.5 Å². The van der Waals surface area contributed by atoms with Crippen LogP contribution < -0.4 is 20.1 Å². The highest BCUT2D eigenvalue weighted by Gasteiger charge is 2.44. The molecule has 2 aromatic heterocycles. The quantitative estimate of drug-likeness (QED) is 0.119. The fourth-order valence-corrected chi connectivity index (χ4v) is 10.0. The Hall–Kier alpha value is -4.82. The lowest BCUT2D eigenvalue weighted by atomic mass is 9.95. The highest BCUT2D eigenvalue weighted by molar-refractivity contribution is 6.36. The molecule has 4 atom stereocenters. The van der Waals surface area contributed by atoms with Gasteiger partial charge in [-0.3, -0.25) is 14.5 Å². The Labute approximate surface area is 348 Å². The van der Waals surface area contributed by atoms with Gasteiger partial charge in [0.25, 0.3) is 0 Å². The number of ether oxygens (including phenoxy) is 2. The maximum atomic E-state index is 14.9. The van der Waals surface area contributed by atoms with Crippen molar-refractivity contribution in [2.45, 2.75) is 75.9 Å². The Morgan fingerprint density at radius 2 is 1.76 bits per heavy atom. The van der Waals surface area contributed by atoms with Crippen LogP contribution in [0.1, 0.15) is 77.6 Å². The second kappa shape index (κ2) is 15.7. The first-order valence-corrected chi connectivity index (χ1v) is 20.6. The molecule has 15 heteroatoms. The normalized spacial score (nSPS) is 21.6. The van der Waals surface area contributed by atoms with Gasteiger partial charge in [0.1, 0.15) is 28.0 Å². The van der Waals surface area contributed by atoms with Crippen LogP contribution in [0.3, 0.4) is 0 Å². The minimum atomic E-state index is -4.67. The summed E-state index contributed by atoms with van der Waals surface area (Å²) in [6.07, 6.45) is -1.24. The number of carboxylic acid groups (broad SMARTS) is 1. The third-order valence-corrected chi connectivity index (χ3v) is 12.9. The van der Waals surface area contributed by atoms with E-state index < -0.39 is 23.6 Å². The van der Waals surface area contributed by atoms with Gasteiger partial charge in [-0.1, -0.05) is 53.5 Å². The zero-order chi connectivity index (χ0) is 41.2. The predicted molar refractivity (Wildman–Crippen MR) is 216 cm³/mol. The lowest BCUT2D eigenvalue weighted by molar-refractivity contribution is -0.141. The maximum absolute atomic E-state index is 14.9. The molecule has 0 spiro atoms. The molecule has 10 nitrogen and oxygen atoms in total. The van der Waals surface area contributed by atoms with Gasteiger partial charge >= 0.3 is 12.1 Å². The molecule has 0 bridgehead atoms. The average molecular weight is 850 g/mol. The molecule has 4 aliphatic rings. The summed E-state index contributed by atoms with van der Waals surface area (Å²) in [5, 5.41) is 16.8. The molecule has 3 aromatic carbocycles. The first-order chi connectivity index (χ1) is 28.4. The van der Waals surface area contributed by atoms with Gasteiger partial charge in [0.05, 0.1) is 18.1 Å². The zero-order valence-corrected chi connectivity index (χ0v) is 33.6. The number of nitrogens with one attached hydrogen (secondary N) is 2. The Bertz CT molecular complexity index is 2490. The molecule has 1 amide bonds. The van der Waals surface area contributed by atoms with E-state index in [0.717, 1.165) is 28.7 Å². The lowest BCUT2D eigenvalue weighted by Gasteiger charge is -2.25. The van der Waals surface area contributed by atoms with Crippen molar-refractivity contribution < 1.29 is 41.8 Å². The van der Waals surface area contributed by atoms with Crippen LogP contribution in [0.4, 0.5) is 13.2 Å². The monoisotopic (exact) mass is 848 g/mol. The molecule has 2 saturated heterocycles. The van der Waals surface area contributed by atoms with E-state index in [1.165, 1.54) is 7.11 Å². The fourth-order valence-electron chi connectivity index (χ4n) is 9.48. The molecule has 2 fully saturated rings. The summed E-state index contributed by atoms with van der Waals surface area (Å²) in [4.78, 5) is 29.8. The average Bonchev–Trinajstić information content (AvgIpc) is 4.05. The smallest absolute Gasteiger partial charge is 0.420 e. The van der Waals surface area contributed by atoms with Crippen molar-refractivity contribution in [2.75, 3.05) is 26.7 Å². The molecule has 9 rings (SSSR count). The summed E-state index contributed by atoms with van der Waals surface area (Å²) < 4.78 is 62.8. The SMILES string of the molecule is COc1nc(O[C@H]2CCc3c(-c4cccc(-c5cc6cc7c(c(C(F)(F)F)c6o5)CC[C@H]7N5CC[C@@H](C(=O)O)C5)c4Cl)cccc32)c(Cl)cc1CNC[C@H]1CCC(=O)N1. The van der Waals surface area contributed by atoms with Crippen molar-refractivity contribution in [2.24, 2.45) is 5.92 Å². The molecular weight excluding hydrogens is 808 g/mol. The molecule has 59 heavy (non-hydrogen) atoms. The highest BCUT2D eigenvalue weighted by atomic mass is 35.5. The van der Waals surface area contributed by atoms with Gasteiger partial charge in [0.15, 0.2) is 0 Å². The van der Waals surface area contributed by atoms with Crippen molar-refractivity contribution in [3.63, 3.8) is 0 Å². The number of aromatic nitrogens is 1. The number of likely N-dealkylation sites (tertiary alicyclic amines) is 1. The van der Waals surface area contributed by atoms with Gasteiger partial charge in [-0.2, -0.15) is 18.2 Å². The summed E-state index contributed by atoms with van der Waals surface area (Å²) in [7, 11) is 1.53. The minimum absolute atomic E-state index is 0.0577. The minimum Gasteiger partial charge on any atom is -0.481 e. The number of nitrogens with zero attached hydrogens (tertiary/aromatic N) is 2. The van der Waals surface area contributed by atoms with Gasteiger partial charge in [-0.25, -0.2) is 0 Å². The van der Waals surface area contributed by atoms with E-state index >= 15 is 0 Å². The molecule has 0 radical (unpaired) electrons. The van der Waals surface area contributed by atoms with Crippen molar-refractivity contribution in [3.8, 4) is 34.2 Å². The largest absolute Gasteiger partial charge is 0.481 e. The van der Waals surface area contributed by atoms with E-state index in [9.17, 15) is 27.9 Å². The van der Waals surface area contributed by atoms with Gasteiger partial charge in [-0.05, 0) is 97.2 Å². The van der Waals surface area contributed by atoms with Crippen molar-refractivity contribution >= 4 is 46.0 Å². The molecule has 2 aliphatic heterocycles. The summed E-state index contributed by atoms with van der Waals surface area (Å²) in [6, 6.07) is 16.3. The van der Waals surface area contributed by atoms with Crippen LogP contribution in [0, 0.1) is 5.92 Å². The van der Waals surface area contributed by atoms with Crippen LogP contribution in [0.25, 0.3) is 33.4 Å². The van der Waals surface area contributed by atoms with Crippen LogP contribution in [-0.2, 0) is 35.2 Å². The van der Waals surface area contributed by atoms with E-state index in [2.05, 4.69) is 15.6 Å². The summed E-state index contributed by atoms with van der Waals surface area (Å²) >= 11 is 13.9. The number of amides is 1. The van der Waals surface area contributed by atoms with Crippen LogP contribution in [0.2, 0.25) is 10.0 Å². The van der Waals surface area contributed by atoms with E-state index in [1.54, 1.807) is 24.3 Å². The number of carbonyl (C=O) groups excluding carboxylic acids is 1. The van der Waals surface area contributed by atoms with Gasteiger partial charge in [0.2, 0.25) is 17.7 Å². The zero-order valence-electron chi connectivity index (χ0n) is 32.1. The first kappa shape index (κ1) is 39.6. The third kappa shape index (κ3) is 7.40. The molecule has 2 aliphatic carbocycles. The molecule has 0 unspecified atom stereocenters. The lowest BCUT2D eigenvalue weighted by Crippen LogP contribution is -2.35. The van der Waals surface area contributed by atoms with Gasteiger partial charge < -0.3 is 29.6 Å². The summed E-state index contributed by atoms with van der Waals surface area (Å²) in [5.74, 6) is -0.522. The molecule has 308 valence electrons. The van der Waals surface area contributed by atoms with E-state index in [-0.39, 0.29) is 53.3 Å². The van der Waals surface area contributed by atoms with Crippen LogP contribution in [-0.4, -0.2) is 59.7 Å². The standard InChI is InChI=1S/C44H41Cl2F3N4O6/c1-57-41-24(19-50-20-25-8-13-37(54)51-25)17-33(45)42(52-41)59-35-12-10-27-26(4-2-5-28(27)35)30-6-3-7-31(39(30)46)36-18-23-16-32-29(38(40(23)58-36)44(47,48)49)9-11-34(32)53-15-14-22(21-53)43(55)56/h2-7,16-18,22,25,34-35,50H,8-15,19-21H2,1H3,(H,51,54)(H,55,56)/t22-,25-,34-,35+/m1/s1. The molecular formula is C44H41Cl2F3N4O6. The second-order valence-corrected chi connectivity index (χ2v) is 16.6. The Morgan fingerprint density at radius 1 is 0.983 bits per heavy atom. The number of alkyl halides is 3. The second-order valence-electron chi connectivity index (χ2n) is 15.8. The number of hydrogen-bond donors (Lipinski definition) is 3. The van der Waals surface area contributed by atoms with Gasteiger partial charge in [-0.15, -0.1) is 0 Å². The van der Waals surface area contributed by atoms with Crippen LogP contribution in [0.15, 0.2) is 59.0 Å². The van der Waals surface area contributed by atoms with Crippen LogP contribution in [0.5, 0.6) is 11.8 Å². The van der Waals surface area contributed by atoms with Crippen LogP contribution >= 0.6 is 23.2 Å². The number of rotatable bonds is 11. The molecule has 0 saturated carbocycles. The first-order valence-electron chi connectivity index (χ1n) is 19.8. The van der Waals surface area contributed by atoms with Crippen molar-refractivity contribution in [3.05, 3.63) is 98.0 Å². The Kier molecular flexibility index (Phi) is 10.5.